The maximum absolute atomic E-state index is 13.1. The lowest BCUT2D eigenvalue weighted by Gasteiger charge is -2.48. The van der Waals surface area contributed by atoms with Gasteiger partial charge in [-0.1, -0.05) is 37.5 Å². The summed E-state index contributed by atoms with van der Waals surface area (Å²) in [5, 5.41) is 3.22. The molecule has 1 saturated heterocycles. The molecule has 0 spiro atoms. The van der Waals surface area contributed by atoms with E-state index in [4.69, 9.17) is 17.0 Å². The van der Waals surface area contributed by atoms with Gasteiger partial charge in [-0.25, -0.2) is 0 Å². The number of benzene rings is 1. The molecule has 2 aromatic rings. The summed E-state index contributed by atoms with van der Waals surface area (Å²) in [6, 6.07) is 9.75. The highest BCUT2D eigenvalue weighted by Crippen LogP contribution is 2.34. The number of ether oxygens (including phenoxy) is 1. The number of morpholine rings is 1. The Hall–Kier alpha value is -1.96. The van der Waals surface area contributed by atoms with Crippen molar-refractivity contribution >= 4 is 18.1 Å². The van der Waals surface area contributed by atoms with Gasteiger partial charge in [-0.2, -0.15) is 0 Å². The van der Waals surface area contributed by atoms with Crippen LogP contribution in [0.1, 0.15) is 42.6 Å². The van der Waals surface area contributed by atoms with E-state index in [2.05, 4.69) is 15.2 Å². The lowest BCUT2D eigenvalue weighted by Crippen LogP contribution is -2.59. The Morgan fingerprint density at radius 1 is 1.14 bits per heavy atom. The normalized spacial score (nSPS) is 20.0. The third kappa shape index (κ3) is 3.92. The molecule has 0 unspecified atom stereocenters. The second kappa shape index (κ2) is 8.59. The summed E-state index contributed by atoms with van der Waals surface area (Å²) in [6.07, 6.45) is 7.68. The van der Waals surface area contributed by atoms with Crippen LogP contribution in [-0.4, -0.2) is 58.7 Å². The zero-order valence-electron chi connectivity index (χ0n) is 16.2. The third-order valence-corrected chi connectivity index (χ3v) is 6.37. The van der Waals surface area contributed by atoms with Crippen molar-refractivity contribution in [3.05, 3.63) is 47.0 Å². The topological polar surface area (TPSA) is 62.3 Å². The molecule has 4 rings (SSSR count). The van der Waals surface area contributed by atoms with Gasteiger partial charge in [0.25, 0.3) is 5.91 Å². The number of hydrogen-bond donors (Lipinski definition) is 2. The van der Waals surface area contributed by atoms with Gasteiger partial charge in [0.05, 0.1) is 13.2 Å². The number of imidazole rings is 1. The molecule has 1 aliphatic carbocycles. The van der Waals surface area contributed by atoms with Crippen LogP contribution in [0.5, 0.6) is 0 Å². The first-order valence-corrected chi connectivity index (χ1v) is 10.6. The van der Waals surface area contributed by atoms with Crippen LogP contribution in [0, 0.1) is 4.77 Å². The van der Waals surface area contributed by atoms with Crippen molar-refractivity contribution in [2.24, 2.45) is 0 Å². The summed E-state index contributed by atoms with van der Waals surface area (Å²) >= 11 is 5.41. The van der Waals surface area contributed by atoms with E-state index in [0.717, 1.165) is 44.8 Å². The molecule has 2 heterocycles. The summed E-state index contributed by atoms with van der Waals surface area (Å²) in [6.45, 7) is 4.11. The van der Waals surface area contributed by atoms with Gasteiger partial charge in [-0.05, 0) is 37.2 Å². The number of rotatable bonds is 5. The summed E-state index contributed by atoms with van der Waals surface area (Å²) in [4.78, 5) is 18.6. The van der Waals surface area contributed by atoms with E-state index in [-0.39, 0.29) is 11.4 Å². The van der Waals surface area contributed by atoms with Crippen molar-refractivity contribution in [2.45, 2.75) is 37.6 Å². The lowest BCUT2D eigenvalue weighted by molar-refractivity contribution is -0.0361. The van der Waals surface area contributed by atoms with Crippen molar-refractivity contribution in [3.8, 4) is 5.69 Å². The standard InChI is InChI=1S/C21H28N4O2S/c26-19(18-15-22-20(28)25(18)17-7-3-1-4-8-17)23-16-21(9-5-2-6-10-21)24-11-13-27-14-12-24/h1,3-4,7-8,15H,2,5-6,9-14,16H2,(H,22,28)(H,23,26). The minimum atomic E-state index is -0.0885. The predicted molar refractivity (Wildman–Crippen MR) is 111 cm³/mol. The monoisotopic (exact) mass is 400 g/mol. The first kappa shape index (κ1) is 19.4. The number of carbonyl (C=O) groups is 1. The summed E-state index contributed by atoms with van der Waals surface area (Å²) in [5.41, 5.74) is 1.48. The molecule has 2 N–H and O–H groups in total. The van der Waals surface area contributed by atoms with Crippen LogP contribution in [0.3, 0.4) is 0 Å². The summed E-state index contributed by atoms with van der Waals surface area (Å²) < 4.78 is 7.87. The van der Waals surface area contributed by atoms with Gasteiger partial charge in [-0.15, -0.1) is 0 Å². The lowest BCUT2D eigenvalue weighted by atomic mass is 9.79. The fourth-order valence-electron chi connectivity index (χ4n) is 4.56. The van der Waals surface area contributed by atoms with E-state index in [1.807, 2.05) is 30.3 Å². The number of aromatic nitrogens is 2. The molecule has 1 aliphatic heterocycles. The van der Waals surface area contributed by atoms with Crippen LogP contribution in [0.2, 0.25) is 0 Å². The van der Waals surface area contributed by atoms with Crippen LogP contribution in [0.4, 0.5) is 0 Å². The highest BCUT2D eigenvalue weighted by Gasteiger charge is 2.39. The zero-order valence-corrected chi connectivity index (χ0v) is 17.0. The minimum Gasteiger partial charge on any atom is -0.379 e. The average Bonchev–Trinajstić information content (AvgIpc) is 3.15. The van der Waals surface area contributed by atoms with Crippen LogP contribution in [-0.2, 0) is 4.74 Å². The highest BCUT2D eigenvalue weighted by molar-refractivity contribution is 7.71. The maximum Gasteiger partial charge on any atom is 0.269 e. The second-order valence-corrected chi connectivity index (χ2v) is 8.10. The third-order valence-electron chi connectivity index (χ3n) is 6.07. The molecule has 1 saturated carbocycles. The molecule has 0 atom stereocenters. The fraction of sp³-hybridized carbons (Fsp3) is 0.524. The first-order chi connectivity index (χ1) is 13.7. The minimum absolute atomic E-state index is 0.0440. The van der Waals surface area contributed by atoms with Gasteiger partial charge < -0.3 is 15.0 Å². The van der Waals surface area contributed by atoms with Crippen LogP contribution < -0.4 is 5.32 Å². The van der Waals surface area contributed by atoms with Crippen LogP contribution >= 0.6 is 12.2 Å². The number of amides is 1. The van der Waals surface area contributed by atoms with Gasteiger partial charge in [-0.3, -0.25) is 14.3 Å². The molecular formula is C21H28N4O2S. The van der Waals surface area contributed by atoms with Gasteiger partial charge in [0.2, 0.25) is 0 Å². The molecule has 1 aromatic carbocycles. The van der Waals surface area contributed by atoms with Crippen LogP contribution in [0.15, 0.2) is 36.5 Å². The summed E-state index contributed by atoms with van der Waals surface area (Å²) in [7, 11) is 0. The molecule has 150 valence electrons. The molecule has 7 heteroatoms. The van der Waals surface area contributed by atoms with Crippen molar-refractivity contribution in [1.82, 2.24) is 19.8 Å². The van der Waals surface area contributed by atoms with E-state index in [1.54, 1.807) is 10.8 Å². The van der Waals surface area contributed by atoms with E-state index in [0.29, 0.717) is 17.0 Å². The number of H-pyrrole nitrogens is 1. The Labute approximate surface area is 170 Å². The Morgan fingerprint density at radius 2 is 1.86 bits per heavy atom. The number of aromatic amines is 1. The molecule has 2 aliphatic rings. The largest absolute Gasteiger partial charge is 0.379 e. The van der Waals surface area contributed by atoms with E-state index in [1.165, 1.54) is 19.3 Å². The summed E-state index contributed by atoms with van der Waals surface area (Å²) in [5.74, 6) is -0.0885. The smallest absolute Gasteiger partial charge is 0.269 e. The SMILES string of the molecule is O=C(NCC1(N2CCOCC2)CCCCC1)c1c[nH]c(=S)n1-c1ccccc1. The Morgan fingerprint density at radius 3 is 2.57 bits per heavy atom. The molecule has 28 heavy (non-hydrogen) atoms. The van der Waals surface area contributed by atoms with Gasteiger partial charge in [0, 0.05) is 37.1 Å². The van der Waals surface area contributed by atoms with Crippen molar-refractivity contribution in [1.29, 1.82) is 0 Å². The van der Waals surface area contributed by atoms with E-state index in [9.17, 15) is 4.79 Å². The maximum atomic E-state index is 13.1. The molecule has 0 radical (unpaired) electrons. The number of para-hydroxylation sites is 1. The molecule has 0 bridgehead atoms. The molecule has 6 nitrogen and oxygen atoms in total. The Bertz CT molecular complexity index is 849. The highest BCUT2D eigenvalue weighted by atomic mass is 32.1. The molecule has 2 fully saturated rings. The van der Waals surface area contributed by atoms with Crippen molar-refractivity contribution < 1.29 is 9.53 Å². The van der Waals surface area contributed by atoms with E-state index < -0.39 is 0 Å². The molecule has 1 amide bonds. The van der Waals surface area contributed by atoms with Crippen LogP contribution in [0.25, 0.3) is 5.69 Å². The number of hydrogen-bond acceptors (Lipinski definition) is 4. The average molecular weight is 401 g/mol. The van der Waals surface area contributed by atoms with Gasteiger partial charge >= 0.3 is 0 Å². The van der Waals surface area contributed by atoms with Gasteiger partial charge in [0.15, 0.2) is 4.77 Å². The first-order valence-electron chi connectivity index (χ1n) is 10.2. The zero-order chi connectivity index (χ0) is 19.4. The van der Waals surface area contributed by atoms with Crippen molar-refractivity contribution in [3.63, 3.8) is 0 Å². The quantitative estimate of drug-likeness (QED) is 0.756. The number of nitrogens with zero attached hydrogens (tertiary/aromatic N) is 2. The van der Waals surface area contributed by atoms with E-state index >= 15 is 0 Å². The molecular weight excluding hydrogens is 372 g/mol. The second-order valence-electron chi connectivity index (χ2n) is 7.72. The number of carbonyl (C=O) groups excluding carboxylic acids is 1. The fourth-order valence-corrected chi connectivity index (χ4v) is 4.82. The molecule has 1 aromatic heterocycles. The predicted octanol–water partition coefficient (Wildman–Crippen LogP) is 3.30. The van der Waals surface area contributed by atoms with Crippen molar-refractivity contribution in [2.75, 3.05) is 32.8 Å². The number of nitrogens with one attached hydrogen (secondary N) is 2. The Balaban J connectivity index is 1.53. The van der Waals surface area contributed by atoms with Gasteiger partial charge in [0.1, 0.15) is 5.69 Å². The Kier molecular flexibility index (Phi) is 5.94.